The average Bonchev–Trinajstić information content (AvgIpc) is 3.32. The number of likely N-dealkylation sites (tertiary alicyclic amines) is 1. The molecule has 0 radical (unpaired) electrons. The lowest BCUT2D eigenvalue weighted by Crippen LogP contribution is -2.40. The Morgan fingerprint density at radius 1 is 1.14 bits per heavy atom. The van der Waals surface area contributed by atoms with E-state index in [1.807, 2.05) is 12.1 Å². The molecule has 1 unspecified atom stereocenters. The zero-order valence-corrected chi connectivity index (χ0v) is 21.1. The number of aromatic nitrogens is 2. The number of amides is 1. The lowest BCUT2D eigenvalue weighted by atomic mass is 9.87. The number of anilines is 1. The van der Waals surface area contributed by atoms with Gasteiger partial charge in [-0.25, -0.2) is 0 Å². The number of rotatable bonds is 7. The van der Waals surface area contributed by atoms with Crippen LogP contribution in [-0.4, -0.2) is 48.3 Å². The van der Waals surface area contributed by atoms with Crippen molar-refractivity contribution in [3.8, 4) is 22.9 Å². The molecule has 1 aliphatic heterocycles. The van der Waals surface area contributed by atoms with Crippen LogP contribution in [0.5, 0.6) is 11.5 Å². The Hall–Kier alpha value is -3.39. The van der Waals surface area contributed by atoms with Crippen molar-refractivity contribution in [3.63, 3.8) is 0 Å². The van der Waals surface area contributed by atoms with Gasteiger partial charge in [0.2, 0.25) is 17.6 Å². The number of methoxy groups -OCH3 is 2. The molecule has 0 spiro atoms. The number of ether oxygens (including phenoxy) is 2. The Bertz CT molecular complexity index is 1150. The third-order valence-electron chi connectivity index (χ3n) is 6.38. The van der Waals surface area contributed by atoms with E-state index < -0.39 is 0 Å². The minimum Gasteiger partial charge on any atom is -0.497 e. The van der Waals surface area contributed by atoms with E-state index in [0.29, 0.717) is 42.0 Å². The quantitative estimate of drug-likeness (QED) is 0.516. The smallest absolute Gasteiger partial charge is 0.241 e. The molecule has 1 atom stereocenters. The van der Waals surface area contributed by atoms with E-state index in [9.17, 15) is 4.79 Å². The number of carbonyl (C=O) groups excluding carboxylic acids is 1. The molecule has 1 N–H and O–H groups in total. The standard InChI is InChI=1S/C27H34N4O4/c1-27(2,3)20-10-8-18(9-11-20)25-29-24(35-30-25)17-31-14-6-7-19(16-31)26(32)28-22-15-21(33-4)12-13-23(22)34-5/h8-13,15,19H,6-7,14,16-17H2,1-5H3,(H,28,32). The molecule has 186 valence electrons. The van der Waals surface area contributed by atoms with Gasteiger partial charge in [-0.15, -0.1) is 0 Å². The van der Waals surface area contributed by atoms with E-state index in [1.165, 1.54) is 5.56 Å². The van der Waals surface area contributed by atoms with Crippen molar-refractivity contribution >= 4 is 11.6 Å². The lowest BCUT2D eigenvalue weighted by molar-refractivity contribution is -0.121. The summed E-state index contributed by atoms with van der Waals surface area (Å²) in [7, 11) is 3.17. The normalized spacial score (nSPS) is 16.7. The molecule has 3 aromatic rings. The van der Waals surface area contributed by atoms with Crippen LogP contribution in [-0.2, 0) is 16.8 Å². The number of hydrogen-bond donors (Lipinski definition) is 1. The van der Waals surface area contributed by atoms with Crippen molar-refractivity contribution in [3.05, 3.63) is 53.9 Å². The Balaban J connectivity index is 1.38. The number of carbonyl (C=O) groups is 1. The fraction of sp³-hybridized carbons (Fsp3) is 0.444. The first-order valence-corrected chi connectivity index (χ1v) is 12.0. The van der Waals surface area contributed by atoms with Gasteiger partial charge in [-0.1, -0.05) is 50.2 Å². The first-order chi connectivity index (χ1) is 16.8. The fourth-order valence-corrected chi connectivity index (χ4v) is 4.31. The monoisotopic (exact) mass is 478 g/mol. The minimum atomic E-state index is -0.146. The second-order valence-electron chi connectivity index (χ2n) is 9.97. The van der Waals surface area contributed by atoms with E-state index in [1.54, 1.807) is 32.4 Å². The topological polar surface area (TPSA) is 89.7 Å². The van der Waals surface area contributed by atoms with E-state index in [0.717, 1.165) is 24.9 Å². The third-order valence-corrected chi connectivity index (χ3v) is 6.38. The molecule has 0 aliphatic carbocycles. The van der Waals surface area contributed by atoms with Crippen LogP contribution in [0.25, 0.3) is 11.4 Å². The number of benzene rings is 2. The molecule has 2 aromatic carbocycles. The van der Waals surface area contributed by atoms with E-state index >= 15 is 0 Å². The average molecular weight is 479 g/mol. The summed E-state index contributed by atoms with van der Waals surface area (Å²) in [5, 5.41) is 7.18. The van der Waals surface area contributed by atoms with Crippen molar-refractivity contribution in [2.75, 3.05) is 32.6 Å². The molecule has 1 aliphatic rings. The Morgan fingerprint density at radius 2 is 1.91 bits per heavy atom. The molecule has 1 saturated heterocycles. The van der Waals surface area contributed by atoms with Crippen LogP contribution in [0.1, 0.15) is 45.1 Å². The summed E-state index contributed by atoms with van der Waals surface area (Å²) in [5.74, 6) is 2.21. The second kappa shape index (κ2) is 10.5. The summed E-state index contributed by atoms with van der Waals surface area (Å²) in [6, 6.07) is 13.6. The number of hydrogen-bond acceptors (Lipinski definition) is 7. The summed E-state index contributed by atoms with van der Waals surface area (Å²) in [5.41, 5.74) is 2.88. The predicted molar refractivity (Wildman–Crippen MR) is 135 cm³/mol. The van der Waals surface area contributed by atoms with Crippen LogP contribution in [0.15, 0.2) is 47.0 Å². The van der Waals surface area contributed by atoms with Gasteiger partial charge in [0.25, 0.3) is 0 Å². The molecule has 1 aromatic heterocycles. The van der Waals surface area contributed by atoms with Crippen molar-refractivity contribution in [2.24, 2.45) is 5.92 Å². The van der Waals surface area contributed by atoms with Crippen LogP contribution < -0.4 is 14.8 Å². The van der Waals surface area contributed by atoms with Crippen molar-refractivity contribution < 1.29 is 18.8 Å². The Morgan fingerprint density at radius 3 is 2.60 bits per heavy atom. The first-order valence-electron chi connectivity index (χ1n) is 12.0. The maximum absolute atomic E-state index is 13.0. The van der Waals surface area contributed by atoms with Gasteiger partial charge in [-0.2, -0.15) is 4.98 Å². The zero-order chi connectivity index (χ0) is 25.0. The van der Waals surface area contributed by atoms with Crippen LogP contribution >= 0.6 is 0 Å². The van der Waals surface area contributed by atoms with Crippen molar-refractivity contribution in [1.29, 1.82) is 0 Å². The zero-order valence-electron chi connectivity index (χ0n) is 21.1. The second-order valence-corrected chi connectivity index (χ2v) is 9.97. The van der Waals surface area contributed by atoms with Gasteiger partial charge >= 0.3 is 0 Å². The highest BCUT2D eigenvalue weighted by molar-refractivity contribution is 5.94. The SMILES string of the molecule is COc1ccc(OC)c(NC(=O)C2CCCN(Cc3nc(-c4ccc(C(C)(C)C)cc4)no3)C2)c1. The Kier molecular flexibility index (Phi) is 7.40. The van der Waals surface area contributed by atoms with Crippen LogP contribution in [0.3, 0.4) is 0 Å². The van der Waals surface area contributed by atoms with E-state index in [-0.39, 0.29) is 17.2 Å². The molecule has 1 fully saturated rings. The van der Waals surface area contributed by atoms with Crippen LogP contribution in [0, 0.1) is 5.92 Å². The molecular weight excluding hydrogens is 444 g/mol. The number of nitrogens with zero attached hydrogens (tertiary/aromatic N) is 3. The van der Waals surface area contributed by atoms with Gasteiger partial charge in [-0.05, 0) is 42.5 Å². The summed E-state index contributed by atoms with van der Waals surface area (Å²) in [4.78, 5) is 19.8. The molecule has 4 rings (SSSR count). The molecule has 2 heterocycles. The number of piperidine rings is 1. The molecule has 8 nitrogen and oxygen atoms in total. The van der Waals surface area contributed by atoms with Gasteiger partial charge in [-0.3, -0.25) is 9.69 Å². The Labute approximate surface area is 206 Å². The van der Waals surface area contributed by atoms with Crippen molar-refractivity contribution in [2.45, 2.75) is 45.6 Å². The summed E-state index contributed by atoms with van der Waals surface area (Å²) in [6.45, 7) is 8.58. The number of nitrogens with one attached hydrogen (secondary N) is 1. The molecule has 0 bridgehead atoms. The molecule has 1 amide bonds. The van der Waals surface area contributed by atoms with E-state index in [2.05, 4.69) is 53.3 Å². The minimum absolute atomic E-state index is 0.0357. The first kappa shape index (κ1) is 24.7. The largest absolute Gasteiger partial charge is 0.497 e. The maximum Gasteiger partial charge on any atom is 0.241 e. The molecule has 0 saturated carbocycles. The highest BCUT2D eigenvalue weighted by atomic mass is 16.5. The third kappa shape index (κ3) is 6.00. The van der Waals surface area contributed by atoms with Gasteiger partial charge in [0.05, 0.1) is 32.4 Å². The highest BCUT2D eigenvalue weighted by Crippen LogP contribution is 2.30. The summed E-state index contributed by atoms with van der Waals surface area (Å²) >= 11 is 0. The molecule has 8 heteroatoms. The summed E-state index contributed by atoms with van der Waals surface area (Å²) < 4.78 is 16.2. The van der Waals surface area contributed by atoms with Crippen LogP contribution in [0.2, 0.25) is 0 Å². The van der Waals surface area contributed by atoms with E-state index in [4.69, 9.17) is 14.0 Å². The van der Waals surface area contributed by atoms with Gasteiger partial charge < -0.3 is 19.3 Å². The van der Waals surface area contributed by atoms with Gasteiger partial charge in [0.15, 0.2) is 0 Å². The van der Waals surface area contributed by atoms with Crippen molar-refractivity contribution in [1.82, 2.24) is 15.0 Å². The van der Waals surface area contributed by atoms with Gasteiger partial charge in [0, 0.05) is 18.2 Å². The lowest BCUT2D eigenvalue weighted by Gasteiger charge is -2.31. The predicted octanol–water partition coefficient (Wildman–Crippen LogP) is 4.90. The highest BCUT2D eigenvalue weighted by Gasteiger charge is 2.27. The fourth-order valence-electron chi connectivity index (χ4n) is 4.31. The molecular formula is C27H34N4O4. The molecule has 35 heavy (non-hydrogen) atoms. The summed E-state index contributed by atoms with van der Waals surface area (Å²) in [6.07, 6.45) is 1.74. The van der Waals surface area contributed by atoms with Gasteiger partial charge in [0.1, 0.15) is 11.5 Å². The maximum atomic E-state index is 13.0. The van der Waals surface area contributed by atoms with Crippen LogP contribution in [0.4, 0.5) is 5.69 Å².